The van der Waals surface area contributed by atoms with E-state index in [2.05, 4.69) is 15.9 Å². The fourth-order valence-corrected chi connectivity index (χ4v) is 4.70. The van der Waals surface area contributed by atoms with Gasteiger partial charge in [0.25, 0.3) is 15.7 Å². The molecule has 1 aromatic carbocycles. The van der Waals surface area contributed by atoms with E-state index in [1.807, 2.05) is 4.72 Å². The maximum absolute atomic E-state index is 13.6. The highest BCUT2D eigenvalue weighted by Crippen LogP contribution is 2.37. The van der Waals surface area contributed by atoms with Crippen molar-refractivity contribution in [2.75, 3.05) is 4.72 Å². The van der Waals surface area contributed by atoms with Crippen LogP contribution in [0, 0.1) is 15.9 Å². The first-order chi connectivity index (χ1) is 9.72. The largest absolute Gasteiger partial charge is 0.300 e. The number of nitrogens with one attached hydrogen (secondary N) is 1. The van der Waals surface area contributed by atoms with E-state index in [-0.39, 0.29) is 18.7 Å². The van der Waals surface area contributed by atoms with Crippen LogP contribution in [0.4, 0.5) is 15.8 Å². The Morgan fingerprint density at radius 1 is 1.43 bits per heavy atom. The standard InChI is InChI=1S/C10H5BrClFN2O4S2/c11-5-2-1-3-6(13)9(5)14-21(18,19)8-4-7(15(16)17)10(12)20-8/h1-4,14H. The number of nitro groups is 1. The van der Waals surface area contributed by atoms with E-state index in [4.69, 9.17) is 11.6 Å². The molecule has 0 atom stereocenters. The van der Waals surface area contributed by atoms with Crippen molar-refractivity contribution in [1.29, 1.82) is 0 Å². The van der Waals surface area contributed by atoms with Gasteiger partial charge in [-0.1, -0.05) is 17.7 Å². The highest BCUT2D eigenvalue weighted by Gasteiger charge is 2.26. The van der Waals surface area contributed by atoms with Gasteiger partial charge in [-0.2, -0.15) is 0 Å². The molecule has 2 aromatic rings. The van der Waals surface area contributed by atoms with Crippen LogP contribution < -0.4 is 4.72 Å². The second kappa shape index (κ2) is 5.87. The number of anilines is 1. The topological polar surface area (TPSA) is 89.3 Å². The smallest absolute Gasteiger partial charge is 0.275 e. The molecule has 0 saturated carbocycles. The van der Waals surface area contributed by atoms with Crippen LogP contribution >= 0.6 is 38.9 Å². The summed E-state index contributed by atoms with van der Waals surface area (Å²) < 4.78 is 39.4. The normalized spacial score (nSPS) is 11.4. The third kappa shape index (κ3) is 3.34. The van der Waals surface area contributed by atoms with Gasteiger partial charge in [0.05, 0.1) is 10.6 Å². The number of nitrogens with zero attached hydrogens (tertiary/aromatic N) is 1. The van der Waals surface area contributed by atoms with E-state index < -0.39 is 26.5 Å². The van der Waals surface area contributed by atoms with Gasteiger partial charge in [-0.15, -0.1) is 11.3 Å². The second-order valence-corrected chi connectivity index (χ2v) is 8.10. The second-order valence-electron chi connectivity index (χ2n) is 3.68. The average Bonchev–Trinajstić information content (AvgIpc) is 2.77. The van der Waals surface area contributed by atoms with Crippen LogP contribution in [0.1, 0.15) is 0 Å². The molecule has 0 aliphatic heterocycles. The van der Waals surface area contributed by atoms with Crippen molar-refractivity contribution in [2.24, 2.45) is 0 Å². The molecule has 11 heteroatoms. The number of sulfonamides is 1. The number of para-hydroxylation sites is 1. The van der Waals surface area contributed by atoms with Crippen LogP contribution in [0.2, 0.25) is 4.34 Å². The Bertz CT molecular complexity index is 804. The van der Waals surface area contributed by atoms with Crippen molar-refractivity contribution in [3.63, 3.8) is 0 Å². The fourth-order valence-electron chi connectivity index (χ4n) is 1.38. The molecule has 0 saturated heterocycles. The molecule has 112 valence electrons. The molecular formula is C10H5BrClFN2O4S2. The van der Waals surface area contributed by atoms with Crippen LogP contribution in [0.3, 0.4) is 0 Å². The first-order valence-corrected chi connectivity index (χ1v) is 8.60. The van der Waals surface area contributed by atoms with Crippen molar-refractivity contribution in [2.45, 2.75) is 4.21 Å². The van der Waals surface area contributed by atoms with E-state index in [9.17, 15) is 22.9 Å². The Morgan fingerprint density at radius 3 is 2.62 bits per heavy atom. The summed E-state index contributed by atoms with van der Waals surface area (Å²) >= 11 is 9.15. The molecule has 6 nitrogen and oxygen atoms in total. The van der Waals surface area contributed by atoms with Gasteiger partial charge in [0.2, 0.25) is 0 Å². The van der Waals surface area contributed by atoms with E-state index in [1.54, 1.807) is 0 Å². The van der Waals surface area contributed by atoms with E-state index in [0.29, 0.717) is 11.3 Å². The van der Waals surface area contributed by atoms with Crippen LogP contribution in [0.15, 0.2) is 32.9 Å². The van der Waals surface area contributed by atoms with Gasteiger partial charge in [0, 0.05) is 10.5 Å². The molecule has 0 amide bonds. The highest BCUT2D eigenvalue weighted by atomic mass is 79.9. The molecule has 1 heterocycles. The minimum absolute atomic E-state index is 0.197. The Morgan fingerprint density at radius 2 is 2.10 bits per heavy atom. The van der Waals surface area contributed by atoms with Crippen molar-refractivity contribution in [3.8, 4) is 0 Å². The Balaban J connectivity index is 2.44. The van der Waals surface area contributed by atoms with Gasteiger partial charge in [-0.05, 0) is 28.1 Å². The molecule has 0 fully saturated rings. The maximum atomic E-state index is 13.6. The number of benzene rings is 1. The minimum atomic E-state index is -4.18. The number of hydrogen-bond acceptors (Lipinski definition) is 5. The molecule has 0 radical (unpaired) electrons. The SMILES string of the molecule is O=[N+]([O-])c1cc(S(=O)(=O)Nc2c(F)cccc2Br)sc1Cl. The van der Waals surface area contributed by atoms with E-state index >= 15 is 0 Å². The van der Waals surface area contributed by atoms with Crippen molar-refractivity contribution in [1.82, 2.24) is 0 Å². The third-order valence-electron chi connectivity index (χ3n) is 2.31. The molecular weight excluding hydrogens is 411 g/mol. The molecule has 21 heavy (non-hydrogen) atoms. The van der Waals surface area contributed by atoms with Crippen LogP contribution in [-0.4, -0.2) is 13.3 Å². The molecule has 1 aromatic heterocycles. The molecule has 0 bridgehead atoms. The summed E-state index contributed by atoms with van der Waals surface area (Å²) in [6.45, 7) is 0. The van der Waals surface area contributed by atoms with Crippen LogP contribution in [0.25, 0.3) is 0 Å². The molecule has 0 spiro atoms. The number of rotatable bonds is 4. The summed E-state index contributed by atoms with van der Waals surface area (Å²) in [6, 6.07) is 4.74. The molecule has 2 rings (SSSR count). The highest BCUT2D eigenvalue weighted by molar-refractivity contribution is 9.10. The monoisotopic (exact) mass is 414 g/mol. The van der Waals surface area contributed by atoms with Gasteiger partial charge >= 0.3 is 0 Å². The van der Waals surface area contributed by atoms with Crippen LogP contribution in [-0.2, 0) is 10.0 Å². The Hall–Kier alpha value is -1.23. The lowest BCUT2D eigenvalue weighted by molar-refractivity contribution is -0.384. The lowest BCUT2D eigenvalue weighted by Gasteiger charge is -2.08. The average molecular weight is 416 g/mol. The van der Waals surface area contributed by atoms with Crippen LogP contribution in [0.5, 0.6) is 0 Å². The van der Waals surface area contributed by atoms with Gasteiger partial charge in [-0.25, -0.2) is 12.8 Å². The zero-order valence-electron chi connectivity index (χ0n) is 9.84. The Labute approximate surface area is 135 Å². The van der Waals surface area contributed by atoms with Crippen molar-refractivity contribution in [3.05, 3.63) is 49.0 Å². The summed E-state index contributed by atoms with van der Waals surface area (Å²) in [5.41, 5.74) is -0.806. The maximum Gasteiger partial charge on any atom is 0.300 e. The number of thiophene rings is 1. The Kier molecular flexibility index (Phi) is 4.51. The lowest BCUT2D eigenvalue weighted by atomic mass is 10.3. The zero-order valence-corrected chi connectivity index (χ0v) is 13.8. The van der Waals surface area contributed by atoms with E-state index in [0.717, 1.165) is 12.1 Å². The summed E-state index contributed by atoms with van der Waals surface area (Å²) in [4.78, 5) is 9.88. The zero-order chi connectivity index (χ0) is 15.8. The lowest BCUT2D eigenvalue weighted by Crippen LogP contribution is -2.13. The first-order valence-electron chi connectivity index (χ1n) is 5.13. The van der Waals surface area contributed by atoms with Gasteiger partial charge in [-0.3, -0.25) is 14.8 Å². The molecule has 0 aliphatic rings. The summed E-state index contributed by atoms with van der Waals surface area (Å²) in [7, 11) is -4.18. The van der Waals surface area contributed by atoms with E-state index in [1.165, 1.54) is 12.1 Å². The van der Waals surface area contributed by atoms with Gasteiger partial charge in [0.1, 0.15) is 10.0 Å². The predicted molar refractivity (Wildman–Crippen MR) is 80.9 cm³/mol. The van der Waals surface area contributed by atoms with Gasteiger partial charge < -0.3 is 0 Å². The quantitative estimate of drug-likeness (QED) is 0.603. The number of hydrogen-bond donors (Lipinski definition) is 1. The minimum Gasteiger partial charge on any atom is -0.275 e. The number of halogens is 3. The summed E-state index contributed by atoms with van der Waals surface area (Å²) in [5.74, 6) is -0.787. The molecule has 0 unspecified atom stereocenters. The molecule has 0 aliphatic carbocycles. The fraction of sp³-hybridized carbons (Fsp3) is 0. The first kappa shape index (κ1) is 16.1. The summed E-state index contributed by atoms with van der Waals surface area (Å²) in [5, 5.41) is 10.7. The van der Waals surface area contributed by atoms with Crippen molar-refractivity contribution >= 4 is 60.3 Å². The van der Waals surface area contributed by atoms with Gasteiger partial charge in [0.15, 0.2) is 4.34 Å². The summed E-state index contributed by atoms with van der Waals surface area (Å²) in [6.07, 6.45) is 0. The molecule has 1 N–H and O–H groups in total. The predicted octanol–water partition coefficient (Wildman–Crippen LogP) is 4.01. The third-order valence-corrected chi connectivity index (χ3v) is 6.13. The van der Waals surface area contributed by atoms with Crippen molar-refractivity contribution < 1.29 is 17.7 Å².